The smallest absolute Gasteiger partial charge is 0.261 e. The lowest BCUT2D eigenvalue weighted by atomic mass is 10.1. The van der Waals surface area contributed by atoms with Crippen molar-refractivity contribution in [2.24, 2.45) is 0 Å². The minimum atomic E-state index is -0.233. The summed E-state index contributed by atoms with van der Waals surface area (Å²) < 4.78 is 5.74. The van der Waals surface area contributed by atoms with E-state index in [1.54, 1.807) is 24.3 Å². The van der Waals surface area contributed by atoms with Gasteiger partial charge in [0, 0.05) is 0 Å². The van der Waals surface area contributed by atoms with Crippen molar-refractivity contribution in [1.82, 2.24) is 4.90 Å². The molecular formula is C19H17NO3. The van der Waals surface area contributed by atoms with Gasteiger partial charge in [0.1, 0.15) is 12.4 Å². The first-order valence-electron chi connectivity index (χ1n) is 7.94. The number of nitrogens with zero attached hydrogens (tertiary/aromatic N) is 1. The summed E-state index contributed by atoms with van der Waals surface area (Å²) in [5.74, 6) is 0.341. The quantitative estimate of drug-likeness (QED) is 0.816. The number of benzene rings is 2. The Morgan fingerprint density at radius 1 is 0.913 bits per heavy atom. The van der Waals surface area contributed by atoms with Crippen molar-refractivity contribution in [3.8, 4) is 5.75 Å². The minimum Gasteiger partial charge on any atom is -0.492 e. The maximum Gasteiger partial charge on any atom is 0.261 e. The first-order chi connectivity index (χ1) is 11.2. The molecule has 2 aromatic carbocycles. The molecule has 23 heavy (non-hydrogen) atoms. The van der Waals surface area contributed by atoms with Crippen LogP contribution >= 0.6 is 0 Å². The van der Waals surface area contributed by atoms with Gasteiger partial charge in [-0.05, 0) is 54.7 Å². The van der Waals surface area contributed by atoms with Gasteiger partial charge in [-0.25, -0.2) is 0 Å². The van der Waals surface area contributed by atoms with Crippen LogP contribution in [0.1, 0.15) is 38.3 Å². The van der Waals surface area contributed by atoms with Crippen LogP contribution in [0, 0.1) is 0 Å². The molecule has 2 aromatic rings. The molecule has 0 atom stereocenters. The molecule has 0 radical (unpaired) electrons. The van der Waals surface area contributed by atoms with Crippen molar-refractivity contribution in [3.05, 3.63) is 64.7 Å². The van der Waals surface area contributed by atoms with Gasteiger partial charge in [0.05, 0.1) is 17.7 Å². The molecule has 0 saturated heterocycles. The summed E-state index contributed by atoms with van der Waals surface area (Å²) in [7, 11) is 0. The van der Waals surface area contributed by atoms with Crippen LogP contribution < -0.4 is 4.74 Å². The van der Waals surface area contributed by atoms with Gasteiger partial charge in [0.2, 0.25) is 0 Å². The molecule has 0 bridgehead atoms. The highest BCUT2D eigenvalue weighted by Crippen LogP contribution is 2.26. The molecule has 2 aliphatic rings. The molecule has 4 rings (SSSR count). The van der Waals surface area contributed by atoms with E-state index in [0.29, 0.717) is 17.7 Å². The highest BCUT2D eigenvalue weighted by Gasteiger charge is 2.34. The first-order valence-corrected chi connectivity index (χ1v) is 7.94. The predicted octanol–water partition coefficient (Wildman–Crippen LogP) is 2.85. The number of imide groups is 1. The Balaban J connectivity index is 1.41. The maximum atomic E-state index is 12.3. The van der Waals surface area contributed by atoms with Crippen molar-refractivity contribution in [1.29, 1.82) is 0 Å². The average Bonchev–Trinajstić information content (AvgIpc) is 3.13. The molecule has 4 heteroatoms. The monoisotopic (exact) mass is 307 g/mol. The Hall–Kier alpha value is -2.62. The van der Waals surface area contributed by atoms with Gasteiger partial charge in [0.15, 0.2) is 0 Å². The number of hydrogen-bond donors (Lipinski definition) is 0. The van der Waals surface area contributed by atoms with E-state index in [9.17, 15) is 9.59 Å². The zero-order valence-electron chi connectivity index (χ0n) is 12.7. The average molecular weight is 307 g/mol. The standard InChI is InChI=1S/C19H17NO3/c21-18-16-6-1-2-7-17(16)19(22)20(18)10-11-23-15-9-8-13-4-3-5-14(13)12-15/h1-2,6-9,12H,3-5,10-11H2. The molecule has 0 fully saturated rings. The Morgan fingerprint density at radius 2 is 1.61 bits per heavy atom. The Kier molecular flexibility index (Phi) is 3.37. The number of amides is 2. The summed E-state index contributed by atoms with van der Waals surface area (Å²) in [5, 5.41) is 0. The molecule has 116 valence electrons. The van der Waals surface area contributed by atoms with Gasteiger partial charge in [-0.15, -0.1) is 0 Å². The summed E-state index contributed by atoms with van der Waals surface area (Å²) in [5.41, 5.74) is 3.71. The Bertz CT molecular complexity index is 762. The minimum absolute atomic E-state index is 0.233. The van der Waals surface area contributed by atoms with E-state index in [0.717, 1.165) is 18.6 Å². The summed E-state index contributed by atoms with van der Waals surface area (Å²) in [4.78, 5) is 25.8. The van der Waals surface area contributed by atoms with E-state index in [4.69, 9.17) is 4.74 Å². The number of carbonyl (C=O) groups excluding carboxylic acids is 2. The first kappa shape index (κ1) is 14.0. The molecule has 1 aliphatic carbocycles. The second-order valence-corrected chi connectivity index (χ2v) is 5.94. The van der Waals surface area contributed by atoms with E-state index in [-0.39, 0.29) is 18.4 Å². The van der Waals surface area contributed by atoms with Gasteiger partial charge in [-0.3, -0.25) is 14.5 Å². The normalized spacial score (nSPS) is 15.7. The molecule has 0 aromatic heterocycles. The molecule has 0 unspecified atom stereocenters. The SMILES string of the molecule is O=C1c2ccccc2C(=O)N1CCOc1ccc2c(c1)CCC2. The van der Waals surface area contributed by atoms with Gasteiger partial charge in [-0.1, -0.05) is 18.2 Å². The van der Waals surface area contributed by atoms with E-state index in [1.165, 1.54) is 22.4 Å². The van der Waals surface area contributed by atoms with Crippen LogP contribution in [0.4, 0.5) is 0 Å². The van der Waals surface area contributed by atoms with E-state index in [1.807, 2.05) is 6.07 Å². The molecule has 1 heterocycles. The number of rotatable bonds is 4. The number of carbonyl (C=O) groups is 2. The third-order valence-electron chi connectivity index (χ3n) is 4.53. The maximum absolute atomic E-state index is 12.3. The van der Waals surface area contributed by atoms with Gasteiger partial charge < -0.3 is 4.74 Å². The fourth-order valence-corrected chi connectivity index (χ4v) is 3.33. The zero-order valence-corrected chi connectivity index (χ0v) is 12.7. The van der Waals surface area contributed by atoms with Crippen LogP contribution in [0.25, 0.3) is 0 Å². The molecule has 0 N–H and O–H groups in total. The molecular weight excluding hydrogens is 290 g/mol. The third kappa shape index (κ3) is 2.40. The number of hydrogen-bond acceptors (Lipinski definition) is 3. The van der Waals surface area contributed by atoms with Crippen molar-refractivity contribution in [2.75, 3.05) is 13.2 Å². The highest BCUT2D eigenvalue weighted by atomic mass is 16.5. The molecule has 2 amide bonds. The Labute approximate surface area is 134 Å². The zero-order chi connectivity index (χ0) is 15.8. The van der Waals surface area contributed by atoms with Crippen LogP contribution in [0.15, 0.2) is 42.5 Å². The molecule has 1 aliphatic heterocycles. The van der Waals surface area contributed by atoms with E-state index >= 15 is 0 Å². The molecule has 0 spiro atoms. The Morgan fingerprint density at radius 3 is 2.35 bits per heavy atom. The second-order valence-electron chi connectivity index (χ2n) is 5.94. The summed E-state index contributed by atoms with van der Waals surface area (Å²) >= 11 is 0. The van der Waals surface area contributed by atoms with Gasteiger partial charge >= 0.3 is 0 Å². The van der Waals surface area contributed by atoms with E-state index in [2.05, 4.69) is 12.1 Å². The topological polar surface area (TPSA) is 46.6 Å². The summed E-state index contributed by atoms with van der Waals surface area (Å²) in [6, 6.07) is 13.1. The van der Waals surface area contributed by atoms with Crippen LogP contribution in [0.5, 0.6) is 5.75 Å². The number of fused-ring (bicyclic) bond motifs is 2. The van der Waals surface area contributed by atoms with Crippen LogP contribution in [-0.4, -0.2) is 29.9 Å². The second kappa shape index (κ2) is 5.54. The lowest BCUT2D eigenvalue weighted by Gasteiger charge is -2.14. The number of ether oxygens (including phenoxy) is 1. The summed E-state index contributed by atoms with van der Waals surface area (Å²) in [6.07, 6.45) is 3.45. The van der Waals surface area contributed by atoms with Crippen LogP contribution in [0.2, 0.25) is 0 Å². The van der Waals surface area contributed by atoms with Crippen molar-refractivity contribution < 1.29 is 14.3 Å². The largest absolute Gasteiger partial charge is 0.492 e. The molecule has 4 nitrogen and oxygen atoms in total. The number of aryl methyl sites for hydroxylation is 2. The summed E-state index contributed by atoms with van der Waals surface area (Å²) in [6.45, 7) is 0.577. The van der Waals surface area contributed by atoms with E-state index < -0.39 is 0 Å². The lowest BCUT2D eigenvalue weighted by molar-refractivity contribution is 0.0631. The van der Waals surface area contributed by atoms with Crippen molar-refractivity contribution in [3.63, 3.8) is 0 Å². The fourth-order valence-electron chi connectivity index (χ4n) is 3.33. The van der Waals surface area contributed by atoms with Crippen molar-refractivity contribution >= 4 is 11.8 Å². The highest BCUT2D eigenvalue weighted by molar-refractivity contribution is 6.21. The van der Waals surface area contributed by atoms with Gasteiger partial charge in [-0.2, -0.15) is 0 Å². The van der Waals surface area contributed by atoms with Crippen LogP contribution in [0.3, 0.4) is 0 Å². The predicted molar refractivity (Wildman–Crippen MR) is 85.8 cm³/mol. The van der Waals surface area contributed by atoms with Crippen molar-refractivity contribution in [2.45, 2.75) is 19.3 Å². The molecule has 0 saturated carbocycles. The fraction of sp³-hybridized carbons (Fsp3) is 0.263. The van der Waals surface area contributed by atoms with Gasteiger partial charge in [0.25, 0.3) is 11.8 Å². The van der Waals surface area contributed by atoms with Crippen LogP contribution in [-0.2, 0) is 12.8 Å². The third-order valence-corrected chi connectivity index (χ3v) is 4.53. The lowest BCUT2D eigenvalue weighted by Crippen LogP contribution is -2.33.